The van der Waals surface area contributed by atoms with Crippen LogP contribution in [0.4, 0.5) is 11.4 Å². The summed E-state index contributed by atoms with van der Waals surface area (Å²) in [5.41, 5.74) is 1.05. The molecule has 0 aliphatic rings. The molecule has 4 rings (SSSR count). The fourth-order valence-corrected chi connectivity index (χ4v) is 5.06. The van der Waals surface area contributed by atoms with E-state index in [2.05, 4.69) is 15.4 Å². The number of thiocarbonyl (C=S) groups is 1. The maximum absolute atomic E-state index is 13.2. The number of para-hydroxylation sites is 1. The number of anilines is 2. The van der Waals surface area contributed by atoms with E-state index in [-0.39, 0.29) is 15.8 Å². The average molecular weight is 578 g/mol. The smallest absolute Gasteiger partial charge is 0.265 e. The van der Waals surface area contributed by atoms with E-state index in [0.29, 0.717) is 40.8 Å². The molecule has 4 aromatic rings. The average Bonchev–Trinajstić information content (AvgIpc) is 2.95. The summed E-state index contributed by atoms with van der Waals surface area (Å²) in [5.74, 6) is 1.58. The Labute approximate surface area is 238 Å². The molecule has 0 aliphatic heterocycles. The first-order valence-electron chi connectivity index (χ1n) is 12.2. The van der Waals surface area contributed by atoms with Crippen LogP contribution in [0.5, 0.6) is 23.0 Å². The number of amides is 1. The van der Waals surface area contributed by atoms with Gasteiger partial charge in [0.05, 0.1) is 13.7 Å². The van der Waals surface area contributed by atoms with Gasteiger partial charge in [-0.1, -0.05) is 18.2 Å². The van der Waals surface area contributed by atoms with Gasteiger partial charge >= 0.3 is 0 Å². The van der Waals surface area contributed by atoms with Gasteiger partial charge in [0.15, 0.2) is 5.11 Å². The number of sulfonamides is 1. The van der Waals surface area contributed by atoms with Crippen molar-refractivity contribution >= 4 is 44.6 Å². The largest absolute Gasteiger partial charge is 0.495 e. The number of methoxy groups -OCH3 is 1. The van der Waals surface area contributed by atoms with E-state index in [0.717, 1.165) is 0 Å². The number of hydrogen-bond donors (Lipinski definition) is 3. The van der Waals surface area contributed by atoms with Crippen molar-refractivity contribution in [3.05, 3.63) is 103 Å². The van der Waals surface area contributed by atoms with Gasteiger partial charge in [0.1, 0.15) is 27.9 Å². The molecule has 206 valence electrons. The Kier molecular flexibility index (Phi) is 9.20. The van der Waals surface area contributed by atoms with Crippen LogP contribution in [-0.4, -0.2) is 33.2 Å². The number of carbonyl (C=O) groups excluding carboxylic acids is 1. The highest BCUT2D eigenvalue weighted by Gasteiger charge is 2.21. The Morgan fingerprint density at radius 2 is 1.45 bits per heavy atom. The third kappa shape index (κ3) is 7.49. The van der Waals surface area contributed by atoms with Crippen molar-refractivity contribution in [2.24, 2.45) is 0 Å². The number of hydrogen-bond acceptors (Lipinski definition) is 7. The van der Waals surface area contributed by atoms with Crippen LogP contribution in [0.25, 0.3) is 0 Å². The number of ether oxygens (including phenoxy) is 3. The van der Waals surface area contributed by atoms with Gasteiger partial charge in [-0.25, -0.2) is 8.42 Å². The Hall–Kier alpha value is -4.61. The zero-order valence-corrected chi connectivity index (χ0v) is 23.3. The van der Waals surface area contributed by atoms with Crippen molar-refractivity contribution in [2.75, 3.05) is 23.8 Å². The second-order valence-electron chi connectivity index (χ2n) is 8.28. The first kappa shape index (κ1) is 28.4. The van der Waals surface area contributed by atoms with E-state index in [1.54, 1.807) is 54.6 Å². The molecular weight excluding hydrogens is 550 g/mol. The van der Waals surface area contributed by atoms with Gasteiger partial charge in [-0.3, -0.25) is 14.8 Å². The molecule has 0 radical (unpaired) electrons. The highest BCUT2D eigenvalue weighted by molar-refractivity contribution is 7.92. The predicted molar refractivity (Wildman–Crippen MR) is 158 cm³/mol. The van der Waals surface area contributed by atoms with E-state index in [1.807, 2.05) is 37.3 Å². The van der Waals surface area contributed by atoms with E-state index in [9.17, 15) is 13.2 Å². The van der Waals surface area contributed by atoms with Gasteiger partial charge in [-0.05, 0) is 98.0 Å². The Balaban J connectivity index is 1.41. The standard InChI is InChI=1S/C29H27N3O6S2/c1-3-37-23-16-11-21(12-17-23)32-40(34,35)27-19-22(13-18-26(27)36-2)30-29(39)31-28(33)20-9-14-25(15-10-20)38-24-7-5-4-6-8-24/h4-19,32H,3H2,1-2H3,(H2,30,31,33,39). The Bertz CT molecular complexity index is 1580. The van der Waals surface area contributed by atoms with Crippen molar-refractivity contribution < 1.29 is 27.4 Å². The summed E-state index contributed by atoms with van der Waals surface area (Å²) in [6.45, 7) is 2.36. The second kappa shape index (κ2) is 13.0. The molecule has 9 nitrogen and oxygen atoms in total. The van der Waals surface area contributed by atoms with Crippen LogP contribution < -0.4 is 29.6 Å². The summed E-state index contributed by atoms with van der Waals surface area (Å²) in [6.07, 6.45) is 0. The zero-order chi connectivity index (χ0) is 28.5. The zero-order valence-electron chi connectivity index (χ0n) is 21.7. The monoisotopic (exact) mass is 577 g/mol. The molecule has 0 aromatic heterocycles. The van der Waals surface area contributed by atoms with Crippen molar-refractivity contribution in [1.29, 1.82) is 0 Å². The lowest BCUT2D eigenvalue weighted by atomic mass is 10.2. The van der Waals surface area contributed by atoms with Crippen LogP contribution in [-0.2, 0) is 10.0 Å². The highest BCUT2D eigenvalue weighted by Crippen LogP contribution is 2.29. The van der Waals surface area contributed by atoms with Crippen molar-refractivity contribution in [1.82, 2.24) is 5.32 Å². The molecule has 3 N–H and O–H groups in total. The van der Waals surface area contributed by atoms with E-state index >= 15 is 0 Å². The Morgan fingerprint density at radius 1 is 0.825 bits per heavy atom. The molecule has 4 aromatic carbocycles. The summed E-state index contributed by atoms with van der Waals surface area (Å²) in [4.78, 5) is 12.6. The maximum atomic E-state index is 13.2. The van der Waals surface area contributed by atoms with Crippen molar-refractivity contribution in [2.45, 2.75) is 11.8 Å². The molecule has 0 aliphatic carbocycles. The molecule has 0 saturated heterocycles. The minimum atomic E-state index is -4.03. The van der Waals surface area contributed by atoms with Gasteiger partial charge in [0, 0.05) is 16.9 Å². The molecule has 1 amide bonds. The van der Waals surface area contributed by atoms with Gasteiger partial charge in [-0.2, -0.15) is 0 Å². The molecule has 0 heterocycles. The van der Waals surface area contributed by atoms with Crippen LogP contribution in [0.1, 0.15) is 17.3 Å². The van der Waals surface area contributed by atoms with Crippen LogP contribution >= 0.6 is 12.2 Å². The highest BCUT2D eigenvalue weighted by atomic mass is 32.2. The molecular formula is C29H27N3O6S2. The number of rotatable bonds is 10. The molecule has 0 saturated carbocycles. The fourth-order valence-electron chi connectivity index (χ4n) is 3.60. The Morgan fingerprint density at radius 3 is 2.10 bits per heavy atom. The quantitative estimate of drug-likeness (QED) is 0.202. The molecule has 0 bridgehead atoms. The van der Waals surface area contributed by atoms with Gasteiger partial charge in [0.25, 0.3) is 15.9 Å². The topological polar surface area (TPSA) is 115 Å². The lowest BCUT2D eigenvalue weighted by Gasteiger charge is -2.15. The van der Waals surface area contributed by atoms with Crippen molar-refractivity contribution in [3.63, 3.8) is 0 Å². The summed E-state index contributed by atoms with van der Waals surface area (Å²) in [7, 11) is -2.66. The number of benzene rings is 4. The minimum absolute atomic E-state index is 0.0115. The third-order valence-electron chi connectivity index (χ3n) is 5.45. The summed E-state index contributed by atoms with van der Waals surface area (Å²) < 4.78 is 45.3. The lowest BCUT2D eigenvalue weighted by Crippen LogP contribution is -2.34. The van der Waals surface area contributed by atoms with E-state index in [1.165, 1.54) is 19.2 Å². The number of nitrogens with one attached hydrogen (secondary N) is 3. The summed E-state index contributed by atoms with van der Waals surface area (Å²) >= 11 is 5.29. The summed E-state index contributed by atoms with van der Waals surface area (Å²) in [5, 5.41) is 5.42. The molecule has 0 fully saturated rings. The third-order valence-corrected chi connectivity index (χ3v) is 7.06. The first-order chi connectivity index (χ1) is 19.3. The van der Waals surface area contributed by atoms with E-state index < -0.39 is 15.9 Å². The first-order valence-corrected chi connectivity index (χ1v) is 14.1. The normalized spacial score (nSPS) is 10.8. The molecule has 11 heteroatoms. The molecule has 0 atom stereocenters. The van der Waals surface area contributed by atoms with Crippen LogP contribution in [0.3, 0.4) is 0 Å². The van der Waals surface area contributed by atoms with E-state index in [4.69, 9.17) is 26.4 Å². The lowest BCUT2D eigenvalue weighted by molar-refractivity contribution is 0.0977. The molecule has 0 unspecified atom stereocenters. The van der Waals surface area contributed by atoms with Crippen molar-refractivity contribution in [3.8, 4) is 23.0 Å². The van der Waals surface area contributed by atoms with Gasteiger partial charge in [-0.15, -0.1) is 0 Å². The second-order valence-corrected chi connectivity index (χ2v) is 10.3. The fraction of sp³-hybridized carbons (Fsp3) is 0.103. The maximum Gasteiger partial charge on any atom is 0.265 e. The SMILES string of the molecule is CCOc1ccc(NS(=O)(=O)c2cc(NC(=S)NC(=O)c3ccc(Oc4ccccc4)cc3)ccc2OC)cc1. The van der Waals surface area contributed by atoms with Crippen LogP contribution in [0.2, 0.25) is 0 Å². The minimum Gasteiger partial charge on any atom is -0.495 e. The van der Waals surface area contributed by atoms with Gasteiger partial charge in [0.2, 0.25) is 0 Å². The van der Waals surface area contributed by atoms with Gasteiger partial charge < -0.3 is 19.5 Å². The molecule has 0 spiro atoms. The number of carbonyl (C=O) groups is 1. The summed E-state index contributed by atoms with van der Waals surface area (Å²) in [6, 6.07) is 26.8. The molecule has 40 heavy (non-hydrogen) atoms. The van der Waals surface area contributed by atoms with Crippen LogP contribution in [0.15, 0.2) is 102 Å². The predicted octanol–water partition coefficient (Wildman–Crippen LogP) is 5.81. The van der Waals surface area contributed by atoms with Crippen LogP contribution in [0, 0.1) is 0 Å².